The van der Waals surface area contributed by atoms with Crippen molar-refractivity contribution in [2.45, 2.75) is 18.9 Å². The van der Waals surface area contributed by atoms with E-state index in [4.69, 9.17) is 10.00 Å². The summed E-state index contributed by atoms with van der Waals surface area (Å²) in [6.07, 6.45) is 2.20. The Morgan fingerprint density at radius 2 is 2.27 bits per heavy atom. The molecular formula is C12H14N2O. The predicted octanol–water partition coefficient (Wildman–Crippen LogP) is 2.15. The van der Waals surface area contributed by atoms with Crippen molar-refractivity contribution < 1.29 is 4.74 Å². The molecule has 1 N–H and O–H groups in total. The molecule has 1 aromatic rings. The second-order valence-corrected chi connectivity index (χ2v) is 3.72. The van der Waals surface area contributed by atoms with E-state index in [1.54, 1.807) is 0 Å². The second-order valence-electron chi connectivity index (χ2n) is 3.72. The van der Waals surface area contributed by atoms with E-state index >= 15 is 0 Å². The van der Waals surface area contributed by atoms with Crippen molar-refractivity contribution in [1.82, 2.24) is 0 Å². The second kappa shape index (κ2) is 4.81. The standard InChI is InChI=1S/C12H14N2O/c13-8-10-4-1-2-6-12(10)14-11-5-3-7-15-9-11/h1-2,4,6,11,14H,3,5,7,9H2. The topological polar surface area (TPSA) is 45.0 Å². The minimum Gasteiger partial charge on any atom is -0.379 e. The molecule has 0 aromatic heterocycles. The number of hydrogen-bond acceptors (Lipinski definition) is 3. The van der Waals surface area contributed by atoms with E-state index in [9.17, 15) is 0 Å². The fraction of sp³-hybridized carbons (Fsp3) is 0.417. The van der Waals surface area contributed by atoms with Gasteiger partial charge in [0.05, 0.1) is 17.9 Å². The fourth-order valence-corrected chi connectivity index (χ4v) is 1.78. The van der Waals surface area contributed by atoms with Crippen molar-refractivity contribution in [3.63, 3.8) is 0 Å². The van der Waals surface area contributed by atoms with Crippen molar-refractivity contribution in [2.75, 3.05) is 18.5 Å². The molecule has 1 aliphatic heterocycles. The molecule has 0 bridgehead atoms. The monoisotopic (exact) mass is 202 g/mol. The van der Waals surface area contributed by atoms with Crippen LogP contribution in [-0.4, -0.2) is 19.3 Å². The Morgan fingerprint density at radius 3 is 3.00 bits per heavy atom. The summed E-state index contributed by atoms with van der Waals surface area (Å²) in [6.45, 7) is 1.60. The van der Waals surface area contributed by atoms with Gasteiger partial charge in [-0.3, -0.25) is 0 Å². The molecule has 2 rings (SSSR count). The maximum atomic E-state index is 8.93. The van der Waals surface area contributed by atoms with Crippen LogP contribution in [0.5, 0.6) is 0 Å². The van der Waals surface area contributed by atoms with E-state index in [0.717, 1.165) is 31.7 Å². The van der Waals surface area contributed by atoms with Crippen LogP contribution >= 0.6 is 0 Å². The number of hydrogen-bond donors (Lipinski definition) is 1. The summed E-state index contributed by atoms with van der Waals surface area (Å²) in [6, 6.07) is 10.1. The van der Waals surface area contributed by atoms with E-state index in [2.05, 4.69) is 11.4 Å². The van der Waals surface area contributed by atoms with Gasteiger partial charge in [-0.2, -0.15) is 5.26 Å². The van der Waals surface area contributed by atoms with Crippen molar-refractivity contribution in [3.8, 4) is 6.07 Å². The molecule has 1 heterocycles. The first kappa shape index (κ1) is 10.0. The van der Waals surface area contributed by atoms with Gasteiger partial charge in [0, 0.05) is 12.6 Å². The lowest BCUT2D eigenvalue weighted by Crippen LogP contribution is -2.30. The number of rotatable bonds is 2. The van der Waals surface area contributed by atoms with E-state index < -0.39 is 0 Å². The van der Waals surface area contributed by atoms with Gasteiger partial charge in [-0.1, -0.05) is 12.1 Å². The Morgan fingerprint density at radius 1 is 1.40 bits per heavy atom. The van der Waals surface area contributed by atoms with Crippen molar-refractivity contribution in [2.24, 2.45) is 0 Å². The van der Waals surface area contributed by atoms with Gasteiger partial charge in [0.1, 0.15) is 6.07 Å². The third kappa shape index (κ3) is 2.48. The number of nitrogens with one attached hydrogen (secondary N) is 1. The quantitative estimate of drug-likeness (QED) is 0.799. The Labute approximate surface area is 89.7 Å². The number of anilines is 1. The molecule has 0 radical (unpaired) electrons. The third-order valence-electron chi connectivity index (χ3n) is 2.57. The largest absolute Gasteiger partial charge is 0.379 e. The molecule has 1 atom stereocenters. The van der Waals surface area contributed by atoms with Crippen molar-refractivity contribution in [3.05, 3.63) is 29.8 Å². The van der Waals surface area contributed by atoms with Gasteiger partial charge in [0.25, 0.3) is 0 Å². The van der Waals surface area contributed by atoms with E-state index in [1.807, 2.05) is 24.3 Å². The normalized spacial score (nSPS) is 20.6. The highest BCUT2D eigenvalue weighted by Crippen LogP contribution is 2.17. The number of para-hydroxylation sites is 1. The van der Waals surface area contributed by atoms with Gasteiger partial charge >= 0.3 is 0 Å². The maximum Gasteiger partial charge on any atom is 0.101 e. The third-order valence-corrected chi connectivity index (χ3v) is 2.57. The Bertz CT molecular complexity index is 364. The average molecular weight is 202 g/mol. The van der Waals surface area contributed by atoms with Crippen LogP contribution in [0.25, 0.3) is 0 Å². The summed E-state index contributed by atoms with van der Waals surface area (Å²) in [7, 11) is 0. The summed E-state index contributed by atoms with van der Waals surface area (Å²) in [4.78, 5) is 0. The molecular weight excluding hydrogens is 188 g/mol. The first-order valence-corrected chi connectivity index (χ1v) is 5.23. The number of benzene rings is 1. The summed E-state index contributed by atoms with van der Waals surface area (Å²) in [5.41, 5.74) is 1.61. The summed E-state index contributed by atoms with van der Waals surface area (Å²) in [5, 5.41) is 12.3. The summed E-state index contributed by atoms with van der Waals surface area (Å²) >= 11 is 0. The highest BCUT2D eigenvalue weighted by Gasteiger charge is 2.14. The zero-order chi connectivity index (χ0) is 10.5. The van der Waals surface area contributed by atoms with Crippen LogP contribution in [0, 0.1) is 11.3 Å². The minimum atomic E-state index is 0.341. The van der Waals surface area contributed by atoms with E-state index in [-0.39, 0.29) is 0 Å². The minimum absolute atomic E-state index is 0.341. The lowest BCUT2D eigenvalue weighted by atomic mass is 10.1. The van der Waals surface area contributed by atoms with Crippen molar-refractivity contribution in [1.29, 1.82) is 5.26 Å². The number of nitriles is 1. The maximum absolute atomic E-state index is 8.93. The van der Waals surface area contributed by atoms with E-state index in [1.165, 1.54) is 0 Å². The van der Waals surface area contributed by atoms with Crippen LogP contribution in [0.4, 0.5) is 5.69 Å². The van der Waals surface area contributed by atoms with Gasteiger partial charge in [-0.05, 0) is 25.0 Å². The predicted molar refractivity (Wildman–Crippen MR) is 58.6 cm³/mol. The molecule has 1 unspecified atom stereocenters. The molecule has 0 aliphatic carbocycles. The van der Waals surface area contributed by atoms with Crippen LogP contribution < -0.4 is 5.32 Å². The highest BCUT2D eigenvalue weighted by molar-refractivity contribution is 5.57. The molecule has 1 saturated heterocycles. The van der Waals surface area contributed by atoms with Crippen LogP contribution in [0.1, 0.15) is 18.4 Å². The van der Waals surface area contributed by atoms with Gasteiger partial charge in [0.15, 0.2) is 0 Å². The molecule has 1 fully saturated rings. The summed E-state index contributed by atoms with van der Waals surface area (Å²) < 4.78 is 5.38. The van der Waals surface area contributed by atoms with Gasteiger partial charge in [-0.15, -0.1) is 0 Å². The fourth-order valence-electron chi connectivity index (χ4n) is 1.78. The van der Waals surface area contributed by atoms with Crippen LogP contribution in [0.2, 0.25) is 0 Å². The Hall–Kier alpha value is -1.53. The summed E-state index contributed by atoms with van der Waals surface area (Å²) in [5.74, 6) is 0. The molecule has 0 amide bonds. The van der Waals surface area contributed by atoms with Crippen molar-refractivity contribution >= 4 is 5.69 Å². The molecule has 1 aliphatic rings. The Kier molecular flexibility index (Phi) is 3.21. The molecule has 3 heteroatoms. The van der Waals surface area contributed by atoms with Gasteiger partial charge < -0.3 is 10.1 Å². The smallest absolute Gasteiger partial charge is 0.101 e. The van der Waals surface area contributed by atoms with Crippen LogP contribution in [0.3, 0.4) is 0 Å². The average Bonchev–Trinajstić information content (AvgIpc) is 2.31. The molecule has 1 aromatic carbocycles. The van der Waals surface area contributed by atoms with E-state index in [0.29, 0.717) is 11.6 Å². The van der Waals surface area contributed by atoms with Crippen LogP contribution in [0.15, 0.2) is 24.3 Å². The zero-order valence-corrected chi connectivity index (χ0v) is 8.57. The first-order chi connectivity index (χ1) is 7.40. The molecule has 15 heavy (non-hydrogen) atoms. The zero-order valence-electron chi connectivity index (χ0n) is 8.57. The lowest BCUT2D eigenvalue weighted by Gasteiger charge is -2.24. The lowest BCUT2D eigenvalue weighted by molar-refractivity contribution is 0.0876. The molecule has 0 saturated carbocycles. The van der Waals surface area contributed by atoms with Crippen LogP contribution in [-0.2, 0) is 4.74 Å². The number of nitrogens with zero attached hydrogens (tertiary/aromatic N) is 1. The molecule has 78 valence electrons. The Balaban J connectivity index is 2.06. The van der Waals surface area contributed by atoms with Gasteiger partial charge in [0.2, 0.25) is 0 Å². The SMILES string of the molecule is N#Cc1ccccc1NC1CCCOC1. The first-order valence-electron chi connectivity index (χ1n) is 5.23. The highest BCUT2D eigenvalue weighted by atomic mass is 16.5. The van der Waals surface area contributed by atoms with Gasteiger partial charge in [-0.25, -0.2) is 0 Å². The number of ether oxygens (including phenoxy) is 1. The molecule has 0 spiro atoms. The molecule has 3 nitrogen and oxygen atoms in total.